The summed E-state index contributed by atoms with van der Waals surface area (Å²) in [5.41, 5.74) is 1.05. The number of carbonyl (C=O) groups excluding carboxylic acids is 1. The lowest BCUT2D eigenvalue weighted by molar-refractivity contribution is -0.131. The van der Waals surface area contributed by atoms with Crippen LogP contribution in [0.15, 0.2) is 18.3 Å². The molecule has 0 spiro atoms. The van der Waals surface area contributed by atoms with Crippen LogP contribution < -0.4 is 0 Å². The molecule has 3 nitrogen and oxygen atoms in total. The van der Waals surface area contributed by atoms with E-state index in [1.807, 2.05) is 17.0 Å². The molecule has 1 saturated heterocycles. The van der Waals surface area contributed by atoms with Gasteiger partial charge in [0.25, 0.3) is 0 Å². The van der Waals surface area contributed by atoms with E-state index < -0.39 is 0 Å². The van der Waals surface area contributed by atoms with E-state index in [0.29, 0.717) is 24.0 Å². The maximum Gasteiger partial charge on any atom is 0.222 e. The van der Waals surface area contributed by atoms with Gasteiger partial charge in [-0.25, -0.2) is 4.98 Å². The van der Waals surface area contributed by atoms with Gasteiger partial charge in [-0.05, 0) is 36.5 Å². The quantitative estimate of drug-likeness (QED) is 0.759. The molecule has 1 unspecified atom stereocenters. The summed E-state index contributed by atoms with van der Waals surface area (Å²) < 4.78 is 0. The molecular formula is C13H17ClN2O. The number of halogens is 1. The van der Waals surface area contributed by atoms with E-state index in [1.165, 1.54) is 0 Å². The molecule has 1 aromatic heterocycles. The summed E-state index contributed by atoms with van der Waals surface area (Å²) in [7, 11) is 0. The van der Waals surface area contributed by atoms with Gasteiger partial charge in [0.1, 0.15) is 5.15 Å². The number of hydrogen-bond acceptors (Lipinski definition) is 2. The zero-order chi connectivity index (χ0) is 12.3. The van der Waals surface area contributed by atoms with Crippen LogP contribution in [0.4, 0.5) is 0 Å². The van der Waals surface area contributed by atoms with E-state index in [1.54, 1.807) is 6.20 Å². The molecule has 0 aliphatic carbocycles. The van der Waals surface area contributed by atoms with Crippen molar-refractivity contribution in [2.45, 2.75) is 32.7 Å². The van der Waals surface area contributed by atoms with E-state index in [2.05, 4.69) is 11.9 Å². The molecule has 1 aliphatic heterocycles. The first-order chi connectivity index (χ1) is 8.15. The predicted octanol–water partition coefficient (Wildman–Crippen LogP) is 2.88. The lowest BCUT2D eigenvalue weighted by Crippen LogP contribution is -2.29. The topological polar surface area (TPSA) is 33.2 Å². The largest absolute Gasteiger partial charge is 0.338 e. The summed E-state index contributed by atoms with van der Waals surface area (Å²) in [6.45, 7) is 3.70. The van der Waals surface area contributed by atoms with Crippen LogP contribution >= 0.6 is 11.6 Å². The molecular weight excluding hydrogens is 236 g/mol. The highest BCUT2D eigenvalue weighted by Crippen LogP contribution is 2.19. The molecule has 0 radical (unpaired) electrons. The van der Waals surface area contributed by atoms with E-state index in [-0.39, 0.29) is 5.91 Å². The first kappa shape index (κ1) is 12.4. The van der Waals surface area contributed by atoms with Crippen molar-refractivity contribution in [1.29, 1.82) is 0 Å². The van der Waals surface area contributed by atoms with Gasteiger partial charge >= 0.3 is 0 Å². The maximum atomic E-state index is 11.9. The Balaban J connectivity index is 2.04. The van der Waals surface area contributed by atoms with Crippen LogP contribution in [-0.2, 0) is 11.3 Å². The number of carbonyl (C=O) groups is 1. The highest BCUT2D eigenvalue weighted by atomic mass is 35.5. The standard InChI is InChI=1S/C13H17ClN2O/c1-10-2-3-13(17)16(7-5-10)9-11-4-6-15-12(14)8-11/h4,6,8,10H,2-3,5,7,9H2,1H3. The van der Waals surface area contributed by atoms with Crippen LogP contribution in [0.5, 0.6) is 0 Å². The number of nitrogens with zero attached hydrogens (tertiary/aromatic N) is 2. The van der Waals surface area contributed by atoms with Crippen molar-refractivity contribution in [1.82, 2.24) is 9.88 Å². The summed E-state index contributed by atoms with van der Waals surface area (Å²) in [6, 6.07) is 3.73. The average Bonchev–Trinajstić information content (AvgIpc) is 2.45. The van der Waals surface area contributed by atoms with Gasteiger partial charge in [0.15, 0.2) is 0 Å². The third kappa shape index (κ3) is 3.43. The van der Waals surface area contributed by atoms with Crippen LogP contribution in [0.1, 0.15) is 31.7 Å². The Hall–Kier alpha value is -1.09. The molecule has 0 N–H and O–H groups in total. The van der Waals surface area contributed by atoms with Gasteiger partial charge < -0.3 is 4.90 Å². The van der Waals surface area contributed by atoms with Crippen molar-refractivity contribution in [2.24, 2.45) is 5.92 Å². The first-order valence-electron chi connectivity index (χ1n) is 6.03. The van der Waals surface area contributed by atoms with Crippen LogP contribution in [0.3, 0.4) is 0 Å². The normalized spacial score (nSPS) is 21.4. The second-order valence-electron chi connectivity index (χ2n) is 4.73. The van der Waals surface area contributed by atoms with Gasteiger partial charge in [0.2, 0.25) is 5.91 Å². The number of rotatable bonds is 2. The zero-order valence-corrected chi connectivity index (χ0v) is 10.8. The first-order valence-corrected chi connectivity index (χ1v) is 6.41. The Bertz CT molecular complexity index is 408. The third-order valence-electron chi connectivity index (χ3n) is 3.26. The fourth-order valence-electron chi connectivity index (χ4n) is 2.10. The van der Waals surface area contributed by atoms with E-state index in [4.69, 9.17) is 11.6 Å². The molecule has 4 heteroatoms. The molecule has 0 aromatic carbocycles. The molecule has 17 heavy (non-hydrogen) atoms. The Morgan fingerprint density at radius 1 is 1.53 bits per heavy atom. The van der Waals surface area contributed by atoms with Gasteiger partial charge in [-0.15, -0.1) is 0 Å². The van der Waals surface area contributed by atoms with Crippen molar-refractivity contribution < 1.29 is 4.79 Å². The molecule has 1 aromatic rings. The molecule has 92 valence electrons. The molecule has 1 atom stereocenters. The van der Waals surface area contributed by atoms with Gasteiger partial charge in [-0.1, -0.05) is 18.5 Å². The summed E-state index contributed by atoms with van der Waals surface area (Å²) in [4.78, 5) is 17.8. The van der Waals surface area contributed by atoms with Gasteiger partial charge in [-0.3, -0.25) is 4.79 Å². The Morgan fingerprint density at radius 3 is 3.12 bits per heavy atom. The van der Waals surface area contributed by atoms with Crippen molar-refractivity contribution in [3.05, 3.63) is 29.0 Å². The minimum Gasteiger partial charge on any atom is -0.338 e. The summed E-state index contributed by atoms with van der Waals surface area (Å²) in [6.07, 6.45) is 4.44. The second-order valence-corrected chi connectivity index (χ2v) is 5.12. The SMILES string of the molecule is CC1CCC(=O)N(Cc2ccnc(Cl)c2)CC1. The molecule has 1 fully saturated rings. The smallest absolute Gasteiger partial charge is 0.222 e. The molecule has 2 rings (SSSR count). The summed E-state index contributed by atoms with van der Waals surface area (Å²) in [5.74, 6) is 0.896. The monoisotopic (exact) mass is 252 g/mol. The number of pyridine rings is 1. The van der Waals surface area contributed by atoms with Gasteiger partial charge in [0.05, 0.1) is 0 Å². The lowest BCUT2D eigenvalue weighted by Gasteiger charge is -2.20. The van der Waals surface area contributed by atoms with E-state index in [0.717, 1.165) is 24.9 Å². The maximum absolute atomic E-state index is 11.9. The van der Waals surface area contributed by atoms with Gasteiger partial charge in [0, 0.05) is 25.7 Å². The van der Waals surface area contributed by atoms with Crippen LogP contribution in [0.25, 0.3) is 0 Å². The number of amides is 1. The van der Waals surface area contributed by atoms with Crippen molar-refractivity contribution in [2.75, 3.05) is 6.54 Å². The molecule has 1 amide bonds. The van der Waals surface area contributed by atoms with Gasteiger partial charge in [-0.2, -0.15) is 0 Å². The summed E-state index contributed by atoms with van der Waals surface area (Å²) in [5, 5.41) is 0.484. The average molecular weight is 253 g/mol. The molecule has 1 aliphatic rings. The fourth-order valence-corrected chi connectivity index (χ4v) is 2.30. The van der Waals surface area contributed by atoms with Crippen molar-refractivity contribution in [3.8, 4) is 0 Å². The van der Waals surface area contributed by atoms with Crippen LogP contribution in [0.2, 0.25) is 5.15 Å². The lowest BCUT2D eigenvalue weighted by atomic mass is 10.0. The van der Waals surface area contributed by atoms with Crippen LogP contribution in [-0.4, -0.2) is 22.3 Å². The van der Waals surface area contributed by atoms with E-state index in [9.17, 15) is 4.79 Å². The number of hydrogen-bond donors (Lipinski definition) is 0. The highest BCUT2D eigenvalue weighted by Gasteiger charge is 2.20. The second kappa shape index (κ2) is 5.50. The van der Waals surface area contributed by atoms with Crippen molar-refractivity contribution in [3.63, 3.8) is 0 Å². The summed E-state index contributed by atoms with van der Waals surface area (Å²) >= 11 is 5.84. The van der Waals surface area contributed by atoms with Crippen LogP contribution in [0, 0.1) is 5.92 Å². The zero-order valence-electron chi connectivity index (χ0n) is 10.0. The number of aromatic nitrogens is 1. The van der Waals surface area contributed by atoms with E-state index >= 15 is 0 Å². The molecule has 0 bridgehead atoms. The van der Waals surface area contributed by atoms with Crippen molar-refractivity contribution >= 4 is 17.5 Å². The predicted molar refractivity (Wildman–Crippen MR) is 67.7 cm³/mol. The Labute approximate surface area is 107 Å². The highest BCUT2D eigenvalue weighted by molar-refractivity contribution is 6.29. The third-order valence-corrected chi connectivity index (χ3v) is 3.47. The Kier molecular flexibility index (Phi) is 4.00. The number of likely N-dealkylation sites (tertiary alicyclic amines) is 1. The molecule has 0 saturated carbocycles. The fraction of sp³-hybridized carbons (Fsp3) is 0.538. The molecule has 2 heterocycles. The minimum absolute atomic E-state index is 0.252. The Morgan fingerprint density at radius 2 is 2.35 bits per heavy atom. The minimum atomic E-state index is 0.252.